The number of anilines is 1. The molecule has 0 saturated heterocycles. The minimum Gasteiger partial charge on any atom is -0.466 e. The normalized spacial score (nSPS) is 11.3. The van der Waals surface area contributed by atoms with Crippen LogP contribution in [0, 0.1) is 0 Å². The molecule has 1 aromatic carbocycles. The number of nitrogens with zero attached hydrogens (tertiary/aromatic N) is 1. The van der Waals surface area contributed by atoms with Gasteiger partial charge in [0.05, 0.1) is 25.5 Å². The molecule has 0 unspecified atom stereocenters. The maximum Gasteiger partial charge on any atom is 0.328 e. The smallest absolute Gasteiger partial charge is 0.328 e. The summed E-state index contributed by atoms with van der Waals surface area (Å²) < 4.78 is 9.88. The van der Waals surface area contributed by atoms with Gasteiger partial charge in [0.2, 0.25) is 0 Å². The topological polar surface area (TPSA) is 107 Å². The number of carbonyl (C=O) groups is 3. The van der Waals surface area contributed by atoms with E-state index in [4.69, 9.17) is 9.47 Å². The molecule has 1 amide bonds. The van der Waals surface area contributed by atoms with Crippen LogP contribution >= 0.6 is 0 Å². The van der Waals surface area contributed by atoms with Gasteiger partial charge in [0, 0.05) is 23.9 Å². The van der Waals surface area contributed by atoms with E-state index >= 15 is 0 Å². The fourth-order valence-electron chi connectivity index (χ4n) is 2.66. The molecule has 8 nitrogen and oxygen atoms in total. The van der Waals surface area contributed by atoms with Crippen molar-refractivity contribution in [2.75, 3.05) is 18.5 Å². The van der Waals surface area contributed by atoms with Crippen molar-refractivity contribution in [1.29, 1.82) is 0 Å². The van der Waals surface area contributed by atoms with E-state index in [1.807, 2.05) is 18.2 Å². The number of nitrogens with one attached hydrogen (secondary N) is 2. The summed E-state index contributed by atoms with van der Waals surface area (Å²) >= 11 is 0. The van der Waals surface area contributed by atoms with E-state index < -0.39 is 23.9 Å². The maximum atomic E-state index is 12.6. The van der Waals surface area contributed by atoms with Crippen molar-refractivity contribution in [3.8, 4) is 0 Å². The Bertz CT molecular complexity index is 824. The van der Waals surface area contributed by atoms with Crippen LogP contribution in [0.3, 0.4) is 0 Å². The molecule has 30 heavy (non-hydrogen) atoms. The van der Waals surface area contributed by atoms with Crippen molar-refractivity contribution < 1.29 is 23.9 Å². The highest BCUT2D eigenvalue weighted by atomic mass is 16.5. The number of benzene rings is 1. The van der Waals surface area contributed by atoms with Crippen molar-refractivity contribution in [2.24, 2.45) is 0 Å². The van der Waals surface area contributed by atoms with Gasteiger partial charge in [-0.15, -0.1) is 0 Å². The second kappa shape index (κ2) is 12.2. The predicted octanol–water partition coefficient (Wildman–Crippen LogP) is 2.70. The number of carbonyl (C=O) groups excluding carboxylic acids is 3. The van der Waals surface area contributed by atoms with E-state index in [0.29, 0.717) is 12.1 Å². The largest absolute Gasteiger partial charge is 0.466 e. The first-order chi connectivity index (χ1) is 14.5. The van der Waals surface area contributed by atoms with Crippen molar-refractivity contribution in [3.05, 3.63) is 59.9 Å². The van der Waals surface area contributed by atoms with Gasteiger partial charge in [0.15, 0.2) is 0 Å². The quantitative estimate of drug-likeness (QED) is 0.546. The minimum atomic E-state index is -0.927. The number of pyridine rings is 1. The van der Waals surface area contributed by atoms with Gasteiger partial charge in [-0.3, -0.25) is 14.6 Å². The van der Waals surface area contributed by atoms with Crippen LogP contribution in [0.4, 0.5) is 5.69 Å². The molecule has 0 saturated carbocycles. The molecule has 1 atom stereocenters. The third-order valence-corrected chi connectivity index (χ3v) is 4.17. The van der Waals surface area contributed by atoms with E-state index in [1.165, 1.54) is 0 Å². The fraction of sp³-hybridized carbons (Fsp3) is 0.364. The Labute approximate surface area is 176 Å². The van der Waals surface area contributed by atoms with Crippen LogP contribution in [0.15, 0.2) is 48.7 Å². The monoisotopic (exact) mass is 413 g/mol. The van der Waals surface area contributed by atoms with E-state index in [0.717, 1.165) is 11.4 Å². The summed E-state index contributed by atoms with van der Waals surface area (Å²) in [4.78, 5) is 40.5. The van der Waals surface area contributed by atoms with Crippen LogP contribution in [0.25, 0.3) is 0 Å². The first-order valence-corrected chi connectivity index (χ1v) is 9.90. The third kappa shape index (κ3) is 7.54. The average Bonchev–Trinajstić information content (AvgIpc) is 2.76. The minimum absolute atomic E-state index is 0.00792. The van der Waals surface area contributed by atoms with E-state index in [9.17, 15) is 14.4 Å². The van der Waals surface area contributed by atoms with Gasteiger partial charge >= 0.3 is 11.9 Å². The van der Waals surface area contributed by atoms with Gasteiger partial charge in [0.1, 0.15) is 6.04 Å². The summed E-state index contributed by atoms with van der Waals surface area (Å²) in [6, 6.07) is 11.6. The fourth-order valence-corrected chi connectivity index (χ4v) is 2.66. The highest BCUT2D eigenvalue weighted by Gasteiger charge is 2.24. The van der Waals surface area contributed by atoms with Gasteiger partial charge in [-0.1, -0.05) is 6.07 Å². The highest BCUT2D eigenvalue weighted by Crippen LogP contribution is 2.12. The van der Waals surface area contributed by atoms with Crippen LogP contribution in [-0.2, 0) is 25.6 Å². The van der Waals surface area contributed by atoms with Crippen LogP contribution in [0.5, 0.6) is 0 Å². The molecule has 0 aliphatic carbocycles. The van der Waals surface area contributed by atoms with E-state index in [-0.39, 0.29) is 26.1 Å². The second-order valence-corrected chi connectivity index (χ2v) is 6.37. The van der Waals surface area contributed by atoms with Crippen molar-refractivity contribution in [3.63, 3.8) is 0 Å². The number of hydrogen-bond acceptors (Lipinski definition) is 7. The molecule has 2 aromatic rings. The molecule has 0 spiro atoms. The molecular formula is C22H27N3O5. The van der Waals surface area contributed by atoms with E-state index in [2.05, 4.69) is 15.6 Å². The maximum absolute atomic E-state index is 12.6. The lowest BCUT2D eigenvalue weighted by Gasteiger charge is -2.17. The molecule has 1 aromatic heterocycles. The van der Waals surface area contributed by atoms with Crippen LogP contribution in [0.2, 0.25) is 0 Å². The Morgan fingerprint density at radius 1 is 1.00 bits per heavy atom. The number of ether oxygens (including phenoxy) is 2. The second-order valence-electron chi connectivity index (χ2n) is 6.37. The van der Waals surface area contributed by atoms with Crippen molar-refractivity contribution in [1.82, 2.24) is 10.3 Å². The Kier molecular flexibility index (Phi) is 9.30. The van der Waals surface area contributed by atoms with Gasteiger partial charge in [-0.25, -0.2) is 4.79 Å². The number of aromatic nitrogens is 1. The predicted molar refractivity (Wildman–Crippen MR) is 112 cm³/mol. The molecule has 0 aliphatic rings. The zero-order valence-electron chi connectivity index (χ0n) is 17.2. The Morgan fingerprint density at radius 2 is 1.73 bits per heavy atom. The first-order valence-electron chi connectivity index (χ1n) is 9.90. The molecule has 0 fully saturated rings. The number of esters is 2. The summed E-state index contributed by atoms with van der Waals surface area (Å²) in [5.41, 5.74) is 2.13. The summed E-state index contributed by atoms with van der Waals surface area (Å²) in [5.74, 6) is -1.43. The van der Waals surface area contributed by atoms with Gasteiger partial charge < -0.3 is 20.1 Å². The lowest BCUT2D eigenvalue weighted by Crippen LogP contribution is -2.42. The number of amides is 1. The molecule has 2 N–H and O–H groups in total. The summed E-state index contributed by atoms with van der Waals surface area (Å²) in [7, 11) is 0. The van der Waals surface area contributed by atoms with Crippen molar-refractivity contribution >= 4 is 23.5 Å². The van der Waals surface area contributed by atoms with Crippen molar-refractivity contribution in [2.45, 2.75) is 39.3 Å². The van der Waals surface area contributed by atoms with Crippen LogP contribution in [-0.4, -0.2) is 42.1 Å². The number of hydrogen-bond donors (Lipinski definition) is 2. The third-order valence-electron chi connectivity index (χ3n) is 4.17. The summed E-state index contributed by atoms with van der Waals surface area (Å²) in [6.07, 6.45) is 1.84. The van der Waals surface area contributed by atoms with Crippen LogP contribution < -0.4 is 10.6 Å². The molecule has 0 radical (unpaired) electrons. The molecule has 0 bridgehead atoms. The van der Waals surface area contributed by atoms with Gasteiger partial charge in [-0.2, -0.15) is 0 Å². The first kappa shape index (κ1) is 22.9. The SMILES string of the molecule is CCOC(=O)CC[C@H](NC(=O)c1ccc(NCc2ccccn2)cc1)C(=O)OCC. The lowest BCUT2D eigenvalue weighted by atomic mass is 10.1. The van der Waals surface area contributed by atoms with Gasteiger partial charge in [-0.05, 0) is 56.7 Å². The zero-order chi connectivity index (χ0) is 21.8. The molecule has 8 heteroatoms. The van der Waals surface area contributed by atoms with Gasteiger partial charge in [0.25, 0.3) is 5.91 Å². The Hall–Kier alpha value is -3.42. The average molecular weight is 413 g/mol. The Morgan fingerprint density at radius 3 is 2.37 bits per heavy atom. The highest BCUT2D eigenvalue weighted by molar-refractivity contribution is 5.97. The molecule has 1 heterocycles. The molecular weight excluding hydrogens is 386 g/mol. The summed E-state index contributed by atoms with van der Waals surface area (Å²) in [6.45, 7) is 4.39. The van der Waals surface area contributed by atoms with Crippen LogP contribution in [0.1, 0.15) is 42.7 Å². The number of rotatable bonds is 11. The molecule has 160 valence electrons. The zero-order valence-corrected chi connectivity index (χ0v) is 17.2. The standard InChI is InChI=1S/C22H27N3O5/c1-3-29-20(26)13-12-19(22(28)30-4-2)25-21(27)16-8-10-17(11-9-16)24-15-18-7-5-6-14-23-18/h5-11,14,19,24H,3-4,12-13,15H2,1-2H3,(H,25,27)/t19-/m0/s1. The molecule has 2 rings (SSSR count). The molecule has 0 aliphatic heterocycles. The Balaban J connectivity index is 1.94. The summed E-state index contributed by atoms with van der Waals surface area (Å²) in [5, 5.41) is 5.87. The van der Waals surface area contributed by atoms with E-state index in [1.54, 1.807) is 44.3 Å². The lowest BCUT2D eigenvalue weighted by molar-refractivity contribution is -0.146.